The van der Waals surface area contributed by atoms with Gasteiger partial charge in [-0.1, -0.05) is 25.1 Å². The van der Waals surface area contributed by atoms with Crippen LogP contribution in [0, 0.1) is 6.92 Å². The lowest BCUT2D eigenvalue weighted by atomic mass is 9.98. The molecule has 1 aromatic carbocycles. The van der Waals surface area contributed by atoms with Crippen LogP contribution < -0.4 is 10.6 Å². The molecule has 0 aliphatic rings. The lowest BCUT2D eigenvalue weighted by molar-refractivity contribution is -0.137. The van der Waals surface area contributed by atoms with Gasteiger partial charge in [-0.05, 0) is 61.4 Å². The molecular weight excluding hydrogens is 463 g/mol. The number of thiophene rings is 1. The lowest BCUT2D eigenvalue weighted by Crippen LogP contribution is -2.17. The van der Waals surface area contributed by atoms with Crippen molar-refractivity contribution in [3.63, 3.8) is 0 Å². The number of carbonyl (C=O) groups is 1. The highest BCUT2D eigenvalue weighted by Crippen LogP contribution is 2.39. The predicted octanol–water partition coefficient (Wildman–Crippen LogP) is 7.08. The minimum absolute atomic E-state index is 0.164. The van der Waals surface area contributed by atoms with Gasteiger partial charge in [-0.25, -0.2) is 4.98 Å². The molecule has 0 radical (unpaired) electrons. The first-order chi connectivity index (χ1) is 16.2. The van der Waals surface area contributed by atoms with Crippen molar-refractivity contribution in [1.82, 2.24) is 4.98 Å². The number of aryl methyl sites for hydroxylation is 2. The van der Waals surface area contributed by atoms with Crippen molar-refractivity contribution in [2.24, 2.45) is 0 Å². The van der Waals surface area contributed by atoms with Crippen LogP contribution in [0.3, 0.4) is 0 Å². The second kappa shape index (κ2) is 9.72. The number of nitrogens with zero attached hydrogens (tertiary/aromatic N) is 1. The first kappa shape index (κ1) is 23.6. The Kier molecular flexibility index (Phi) is 6.74. The number of hydrogen-bond acceptors (Lipinski definition) is 5. The van der Waals surface area contributed by atoms with E-state index in [1.54, 1.807) is 18.2 Å². The third kappa shape index (κ3) is 5.31. The summed E-state index contributed by atoms with van der Waals surface area (Å²) >= 11 is 1.42. The van der Waals surface area contributed by atoms with Gasteiger partial charge in [-0.15, -0.1) is 11.3 Å². The summed E-state index contributed by atoms with van der Waals surface area (Å²) in [5, 5.41) is 6.82. The van der Waals surface area contributed by atoms with Crippen molar-refractivity contribution in [2.75, 3.05) is 10.6 Å². The minimum Gasteiger partial charge on any atom is -0.459 e. The first-order valence-corrected chi connectivity index (χ1v) is 11.4. The van der Waals surface area contributed by atoms with Gasteiger partial charge in [0.25, 0.3) is 5.91 Å². The summed E-state index contributed by atoms with van der Waals surface area (Å²) in [6.07, 6.45) is -2.28. The quantitative estimate of drug-likeness (QED) is 0.294. The van der Waals surface area contributed by atoms with Crippen LogP contribution in [0.2, 0.25) is 0 Å². The summed E-state index contributed by atoms with van der Waals surface area (Å²) in [6.45, 7) is 3.85. The van der Waals surface area contributed by atoms with Crippen molar-refractivity contribution in [1.29, 1.82) is 0 Å². The number of carbonyl (C=O) groups excluding carboxylic acids is 1. The maximum atomic E-state index is 13.1. The molecule has 0 saturated heterocycles. The lowest BCUT2D eigenvalue weighted by Gasteiger charge is -2.22. The Morgan fingerprint density at radius 3 is 2.50 bits per heavy atom. The number of rotatable bonds is 7. The molecule has 4 rings (SSSR count). The van der Waals surface area contributed by atoms with Crippen LogP contribution >= 0.6 is 11.3 Å². The number of alkyl halides is 3. The Morgan fingerprint density at radius 2 is 1.88 bits per heavy atom. The standard InChI is InChI=1S/C25H22F3N3O2S/c1-3-18-14-19(24(34-18)31-23(32)20-7-5-13-33-20)22(30-21-8-4-6-15(2)29-21)16-9-11-17(12-10-16)25(26,27)28/h4-14,22H,3H2,1-2H3,(H,29,30)(H,31,32)/t22-/m0/s1. The number of anilines is 2. The monoisotopic (exact) mass is 485 g/mol. The van der Waals surface area contributed by atoms with Gasteiger partial charge < -0.3 is 15.1 Å². The molecule has 0 aliphatic carbocycles. The molecule has 0 saturated carbocycles. The zero-order chi connectivity index (χ0) is 24.3. The van der Waals surface area contributed by atoms with E-state index in [0.29, 0.717) is 16.4 Å². The zero-order valence-corrected chi connectivity index (χ0v) is 19.3. The van der Waals surface area contributed by atoms with E-state index in [4.69, 9.17) is 4.42 Å². The van der Waals surface area contributed by atoms with Gasteiger partial charge in [-0.3, -0.25) is 4.79 Å². The zero-order valence-electron chi connectivity index (χ0n) is 18.4. The van der Waals surface area contributed by atoms with E-state index in [0.717, 1.165) is 34.7 Å². The van der Waals surface area contributed by atoms with Crippen molar-refractivity contribution < 1.29 is 22.4 Å². The molecule has 0 fully saturated rings. The van der Waals surface area contributed by atoms with Crippen molar-refractivity contribution in [2.45, 2.75) is 32.5 Å². The van der Waals surface area contributed by atoms with Crippen molar-refractivity contribution >= 4 is 28.1 Å². The molecule has 9 heteroatoms. The molecule has 2 N–H and O–H groups in total. The molecule has 176 valence electrons. The number of nitrogens with one attached hydrogen (secondary N) is 2. The van der Waals surface area contributed by atoms with Gasteiger partial charge in [0, 0.05) is 16.1 Å². The van der Waals surface area contributed by atoms with Gasteiger partial charge in [0.15, 0.2) is 5.76 Å². The van der Waals surface area contributed by atoms with Crippen LogP contribution in [0.15, 0.2) is 71.3 Å². The molecule has 5 nitrogen and oxygen atoms in total. The van der Waals surface area contributed by atoms with E-state index in [-0.39, 0.29) is 5.76 Å². The average Bonchev–Trinajstić information content (AvgIpc) is 3.47. The van der Waals surface area contributed by atoms with Crippen LogP contribution in [0.4, 0.5) is 24.0 Å². The summed E-state index contributed by atoms with van der Waals surface area (Å²) in [5.41, 5.74) is 1.40. The van der Waals surface area contributed by atoms with Crippen LogP contribution in [-0.2, 0) is 12.6 Å². The molecule has 4 aromatic rings. The largest absolute Gasteiger partial charge is 0.459 e. The SMILES string of the molecule is CCc1cc([C@@H](Nc2cccc(C)n2)c2ccc(C(F)(F)F)cc2)c(NC(=O)c2ccco2)s1. The molecule has 1 atom stereocenters. The summed E-state index contributed by atoms with van der Waals surface area (Å²) in [4.78, 5) is 18.2. The highest BCUT2D eigenvalue weighted by atomic mass is 32.1. The molecule has 34 heavy (non-hydrogen) atoms. The van der Waals surface area contributed by atoms with Crippen LogP contribution in [-0.4, -0.2) is 10.9 Å². The summed E-state index contributed by atoms with van der Waals surface area (Å²) in [6, 6.07) is 15.1. The van der Waals surface area contributed by atoms with Crippen molar-refractivity contribution in [3.8, 4) is 0 Å². The third-order valence-corrected chi connectivity index (χ3v) is 6.41. The smallest absolute Gasteiger partial charge is 0.416 e. The van der Waals surface area contributed by atoms with Crippen LogP contribution in [0.25, 0.3) is 0 Å². The van der Waals surface area contributed by atoms with E-state index in [1.165, 1.54) is 29.7 Å². The molecule has 3 aromatic heterocycles. The Bertz CT molecular complexity index is 1270. The van der Waals surface area contributed by atoms with Gasteiger partial charge in [0.2, 0.25) is 0 Å². The predicted molar refractivity (Wildman–Crippen MR) is 126 cm³/mol. The highest BCUT2D eigenvalue weighted by Gasteiger charge is 2.31. The van der Waals surface area contributed by atoms with E-state index >= 15 is 0 Å². The maximum absolute atomic E-state index is 13.1. The summed E-state index contributed by atoms with van der Waals surface area (Å²) in [7, 11) is 0. The van der Waals surface area contributed by atoms with E-state index in [9.17, 15) is 18.0 Å². The number of aromatic nitrogens is 1. The first-order valence-electron chi connectivity index (χ1n) is 10.6. The number of furan rings is 1. The molecule has 0 spiro atoms. The minimum atomic E-state index is -4.43. The number of benzene rings is 1. The van der Waals surface area contributed by atoms with Crippen molar-refractivity contribution in [3.05, 3.63) is 99.9 Å². The Balaban J connectivity index is 1.76. The van der Waals surface area contributed by atoms with E-state index in [2.05, 4.69) is 15.6 Å². The second-order valence-corrected chi connectivity index (χ2v) is 8.78. The molecule has 0 unspecified atom stereocenters. The fourth-order valence-electron chi connectivity index (χ4n) is 3.49. The van der Waals surface area contributed by atoms with Gasteiger partial charge in [0.05, 0.1) is 17.9 Å². The van der Waals surface area contributed by atoms with Gasteiger partial charge in [-0.2, -0.15) is 13.2 Å². The third-order valence-electron chi connectivity index (χ3n) is 5.20. The van der Waals surface area contributed by atoms with Gasteiger partial charge in [0.1, 0.15) is 10.8 Å². The number of pyridine rings is 1. The average molecular weight is 486 g/mol. The highest BCUT2D eigenvalue weighted by molar-refractivity contribution is 7.16. The molecule has 3 heterocycles. The number of halogens is 3. The Labute approximate surface area is 198 Å². The fraction of sp³-hybridized carbons (Fsp3) is 0.200. The summed E-state index contributed by atoms with van der Waals surface area (Å²) < 4.78 is 44.6. The maximum Gasteiger partial charge on any atom is 0.416 e. The molecule has 1 amide bonds. The Hall–Kier alpha value is -3.59. The topological polar surface area (TPSA) is 67.2 Å². The van der Waals surface area contributed by atoms with E-state index < -0.39 is 23.7 Å². The summed E-state index contributed by atoms with van der Waals surface area (Å²) in [5.74, 6) is 0.324. The fourth-order valence-corrected chi connectivity index (χ4v) is 4.52. The Morgan fingerprint density at radius 1 is 1.12 bits per heavy atom. The van der Waals surface area contributed by atoms with Crippen LogP contribution in [0.5, 0.6) is 0 Å². The second-order valence-electron chi connectivity index (χ2n) is 7.64. The molecule has 0 bridgehead atoms. The van der Waals surface area contributed by atoms with Crippen LogP contribution in [0.1, 0.15) is 50.8 Å². The van der Waals surface area contributed by atoms with Gasteiger partial charge >= 0.3 is 6.18 Å². The number of amides is 1. The number of hydrogen-bond donors (Lipinski definition) is 2. The molecule has 0 aliphatic heterocycles. The molecular formula is C25H22F3N3O2S. The normalized spacial score (nSPS) is 12.4. The van der Waals surface area contributed by atoms with E-state index in [1.807, 2.05) is 32.0 Å².